The fraction of sp³-hybridized carbons (Fsp3) is 0.389. The van der Waals surface area contributed by atoms with E-state index in [-0.39, 0.29) is 0 Å². The summed E-state index contributed by atoms with van der Waals surface area (Å²) < 4.78 is 5.36. The lowest BCUT2D eigenvalue weighted by molar-refractivity contribution is 0.414. The van der Waals surface area contributed by atoms with Crippen LogP contribution in [0, 0.1) is 0 Å². The monoisotopic (exact) mass is 297 g/mol. The SMILES string of the molecule is COc1ccc(C2CC2)c(CNc2cc(N(C)C)ccn2)c1. The summed E-state index contributed by atoms with van der Waals surface area (Å²) in [6.07, 6.45) is 4.44. The van der Waals surface area contributed by atoms with Crippen molar-refractivity contribution < 1.29 is 4.74 Å². The molecule has 0 radical (unpaired) electrons. The molecule has 0 amide bonds. The Kier molecular flexibility index (Phi) is 4.18. The average Bonchev–Trinajstić information content (AvgIpc) is 3.37. The summed E-state index contributed by atoms with van der Waals surface area (Å²) in [5.74, 6) is 2.54. The van der Waals surface area contributed by atoms with E-state index in [4.69, 9.17) is 4.74 Å². The summed E-state index contributed by atoms with van der Waals surface area (Å²) in [6.45, 7) is 0.771. The van der Waals surface area contributed by atoms with Crippen molar-refractivity contribution in [3.05, 3.63) is 47.7 Å². The van der Waals surface area contributed by atoms with Crippen molar-refractivity contribution in [2.75, 3.05) is 31.4 Å². The molecule has 0 spiro atoms. The molecule has 1 aromatic carbocycles. The van der Waals surface area contributed by atoms with Gasteiger partial charge in [-0.15, -0.1) is 0 Å². The van der Waals surface area contributed by atoms with E-state index in [1.165, 1.54) is 24.0 Å². The van der Waals surface area contributed by atoms with E-state index in [9.17, 15) is 0 Å². The van der Waals surface area contributed by atoms with Crippen LogP contribution in [0.25, 0.3) is 0 Å². The van der Waals surface area contributed by atoms with Crippen molar-refractivity contribution in [2.45, 2.75) is 25.3 Å². The van der Waals surface area contributed by atoms with Crippen LogP contribution in [-0.4, -0.2) is 26.2 Å². The molecule has 22 heavy (non-hydrogen) atoms. The van der Waals surface area contributed by atoms with E-state index in [0.29, 0.717) is 0 Å². The van der Waals surface area contributed by atoms with Crippen LogP contribution in [-0.2, 0) is 6.54 Å². The first-order valence-electron chi connectivity index (χ1n) is 7.71. The number of pyridine rings is 1. The number of nitrogens with one attached hydrogen (secondary N) is 1. The van der Waals surface area contributed by atoms with Crippen molar-refractivity contribution in [1.29, 1.82) is 0 Å². The molecule has 4 nitrogen and oxygen atoms in total. The second-order valence-corrected chi connectivity index (χ2v) is 5.99. The van der Waals surface area contributed by atoms with Crippen molar-refractivity contribution in [1.82, 2.24) is 4.98 Å². The largest absolute Gasteiger partial charge is 0.497 e. The third-order valence-corrected chi connectivity index (χ3v) is 4.09. The number of ether oxygens (including phenoxy) is 1. The topological polar surface area (TPSA) is 37.4 Å². The van der Waals surface area contributed by atoms with Gasteiger partial charge in [0.05, 0.1) is 7.11 Å². The lowest BCUT2D eigenvalue weighted by Gasteiger charge is -2.15. The predicted octanol–water partition coefficient (Wildman–Crippen LogP) is 3.65. The minimum absolute atomic E-state index is 0.726. The molecule has 0 bridgehead atoms. The standard InChI is InChI=1S/C18H23N3O/c1-21(2)15-8-9-19-18(11-15)20-12-14-10-16(22-3)6-7-17(14)13-4-5-13/h6-11,13H,4-5,12H2,1-3H3,(H,19,20). The number of aromatic nitrogens is 1. The number of nitrogens with zero attached hydrogens (tertiary/aromatic N) is 2. The lowest BCUT2D eigenvalue weighted by Crippen LogP contribution is -2.10. The van der Waals surface area contributed by atoms with Crippen molar-refractivity contribution in [3.8, 4) is 5.75 Å². The smallest absolute Gasteiger partial charge is 0.128 e. The Hall–Kier alpha value is -2.23. The summed E-state index contributed by atoms with van der Waals surface area (Å²) in [7, 11) is 5.78. The zero-order chi connectivity index (χ0) is 15.5. The van der Waals surface area contributed by atoms with E-state index < -0.39 is 0 Å². The van der Waals surface area contributed by atoms with Crippen LogP contribution < -0.4 is 15.0 Å². The first-order chi connectivity index (χ1) is 10.7. The maximum atomic E-state index is 5.36. The first-order valence-corrected chi connectivity index (χ1v) is 7.71. The second-order valence-electron chi connectivity index (χ2n) is 5.99. The summed E-state index contributed by atoms with van der Waals surface area (Å²) in [4.78, 5) is 6.48. The van der Waals surface area contributed by atoms with Gasteiger partial charge in [-0.2, -0.15) is 0 Å². The molecule has 1 aliphatic rings. The normalized spacial score (nSPS) is 13.8. The molecule has 1 aliphatic carbocycles. The van der Waals surface area contributed by atoms with Gasteiger partial charge in [0.15, 0.2) is 0 Å². The highest BCUT2D eigenvalue weighted by Gasteiger charge is 2.26. The van der Waals surface area contributed by atoms with Crippen LogP contribution in [0.3, 0.4) is 0 Å². The van der Waals surface area contributed by atoms with E-state index in [0.717, 1.165) is 29.7 Å². The predicted molar refractivity (Wildman–Crippen MR) is 90.9 cm³/mol. The Labute approximate surface area is 132 Å². The number of rotatable bonds is 6. The summed E-state index contributed by atoms with van der Waals surface area (Å²) in [6, 6.07) is 10.5. The molecule has 0 aliphatic heterocycles. The van der Waals surface area contributed by atoms with Crippen molar-refractivity contribution in [3.63, 3.8) is 0 Å². The molecule has 0 atom stereocenters. The number of benzene rings is 1. The van der Waals surface area contributed by atoms with Gasteiger partial charge in [-0.1, -0.05) is 6.07 Å². The summed E-state index contributed by atoms with van der Waals surface area (Å²) in [5.41, 5.74) is 3.89. The molecule has 4 heteroatoms. The minimum atomic E-state index is 0.726. The molecule has 1 fully saturated rings. The van der Waals surface area contributed by atoms with Gasteiger partial charge >= 0.3 is 0 Å². The number of methoxy groups -OCH3 is 1. The molecular weight excluding hydrogens is 274 g/mol. The summed E-state index contributed by atoms with van der Waals surface area (Å²) in [5, 5.41) is 3.44. The number of hydrogen-bond acceptors (Lipinski definition) is 4. The van der Waals surface area contributed by atoms with E-state index in [1.807, 2.05) is 26.4 Å². The molecule has 116 valence electrons. The van der Waals surface area contributed by atoms with E-state index in [1.54, 1.807) is 7.11 Å². The van der Waals surface area contributed by atoms with E-state index >= 15 is 0 Å². The molecule has 0 unspecified atom stereocenters. The van der Waals surface area contributed by atoms with Gasteiger partial charge < -0.3 is 15.0 Å². The quantitative estimate of drug-likeness (QED) is 0.883. The molecule has 1 saturated carbocycles. The van der Waals surface area contributed by atoms with Crippen LogP contribution in [0.2, 0.25) is 0 Å². The lowest BCUT2D eigenvalue weighted by atomic mass is 10.0. The Morgan fingerprint density at radius 3 is 2.73 bits per heavy atom. The number of anilines is 2. The highest BCUT2D eigenvalue weighted by molar-refractivity contribution is 5.53. The molecule has 2 aromatic rings. The number of hydrogen-bond donors (Lipinski definition) is 1. The minimum Gasteiger partial charge on any atom is -0.497 e. The van der Waals surface area contributed by atoms with Crippen molar-refractivity contribution >= 4 is 11.5 Å². The second kappa shape index (κ2) is 6.26. The van der Waals surface area contributed by atoms with Gasteiger partial charge in [0.1, 0.15) is 11.6 Å². The third kappa shape index (κ3) is 3.32. The Morgan fingerprint density at radius 1 is 1.23 bits per heavy atom. The average molecular weight is 297 g/mol. The maximum absolute atomic E-state index is 5.36. The Balaban J connectivity index is 1.76. The maximum Gasteiger partial charge on any atom is 0.128 e. The zero-order valence-corrected chi connectivity index (χ0v) is 13.5. The van der Waals surface area contributed by atoms with Crippen LogP contribution >= 0.6 is 0 Å². The van der Waals surface area contributed by atoms with Gasteiger partial charge in [-0.3, -0.25) is 0 Å². The molecular formula is C18H23N3O. The van der Waals surface area contributed by atoms with Crippen LogP contribution in [0.4, 0.5) is 11.5 Å². The first kappa shape index (κ1) is 14.7. The zero-order valence-electron chi connectivity index (χ0n) is 13.5. The van der Waals surface area contributed by atoms with E-state index in [2.05, 4.69) is 39.5 Å². The van der Waals surface area contributed by atoms with Gasteiger partial charge in [-0.05, 0) is 48.1 Å². The van der Waals surface area contributed by atoms with Gasteiger partial charge in [0, 0.05) is 38.6 Å². The molecule has 0 saturated heterocycles. The highest BCUT2D eigenvalue weighted by Crippen LogP contribution is 2.42. The van der Waals surface area contributed by atoms with Gasteiger partial charge in [0.25, 0.3) is 0 Å². The molecule has 1 heterocycles. The Morgan fingerprint density at radius 2 is 2.05 bits per heavy atom. The molecule has 1 aromatic heterocycles. The fourth-order valence-electron chi connectivity index (χ4n) is 2.63. The van der Waals surface area contributed by atoms with Gasteiger partial charge in [-0.25, -0.2) is 4.98 Å². The van der Waals surface area contributed by atoms with Crippen LogP contribution in [0.15, 0.2) is 36.5 Å². The Bertz CT molecular complexity index is 651. The van der Waals surface area contributed by atoms with Crippen LogP contribution in [0.5, 0.6) is 5.75 Å². The highest BCUT2D eigenvalue weighted by atomic mass is 16.5. The third-order valence-electron chi connectivity index (χ3n) is 4.09. The molecule has 1 N–H and O–H groups in total. The van der Waals surface area contributed by atoms with Crippen LogP contribution in [0.1, 0.15) is 29.9 Å². The fourth-order valence-corrected chi connectivity index (χ4v) is 2.63. The summed E-state index contributed by atoms with van der Waals surface area (Å²) >= 11 is 0. The van der Waals surface area contributed by atoms with Crippen molar-refractivity contribution in [2.24, 2.45) is 0 Å². The molecule has 3 rings (SSSR count). The van der Waals surface area contributed by atoms with Gasteiger partial charge in [0.2, 0.25) is 0 Å².